The molecule has 12 rings (SSSR count). The fourth-order valence-corrected chi connectivity index (χ4v) is 10.4. The maximum absolute atomic E-state index is 6.37. The number of pyridine rings is 2. The summed E-state index contributed by atoms with van der Waals surface area (Å²) in [6, 6.07) is 43.2. The van der Waals surface area contributed by atoms with E-state index in [1.807, 2.05) is 73.5 Å². The highest BCUT2D eigenvalue weighted by Gasteiger charge is 2.29. The summed E-state index contributed by atoms with van der Waals surface area (Å²) in [5.41, 5.74) is 29.9. The Labute approximate surface area is 400 Å². The van der Waals surface area contributed by atoms with Gasteiger partial charge in [0.1, 0.15) is 6.17 Å². The Morgan fingerprint density at radius 3 is 2.26 bits per heavy atom. The summed E-state index contributed by atoms with van der Waals surface area (Å²) in [4.78, 5) is 26.4. The number of allylic oxidation sites excluding steroid dienone is 7. The van der Waals surface area contributed by atoms with Gasteiger partial charge in [0.2, 0.25) is 0 Å². The molecule has 0 radical (unpaired) electrons. The Kier molecular flexibility index (Phi) is 10.4. The molecule has 0 fully saturated rings. The van der Waals surface area contributed by atoms with Crippen molar-refractivity contribution < 1.29 is 0 Å². The Balaban J connectivity index is 1.09. The summed E-state index contributed by atoms with van der Waals surface area (Å²) >= 11 is 0. The molecule has 8 heteroatoms. The van der Waals surface area contributed by atoms with E-state index >= 15 is 0 Å². The first-order chi connectivity index (χ1) is 34.0. The van der Waals surface area contributed by atoms with Crippen LogP contribution in [0.25, 0.3) is 89.1 Å². The molecule has 69 heavy (non-hydrogen) atoms. The zero-order chi connectivity index (χ0) is 46.4. The normalized spacial score (nSPS) is 15.2. The topological polar surface area (TPSA) is 98.1 Å². The van der Waals surface area contributed by atoms with Gasteiger partial charge < -0.3 is 15.2 Å². The second-order valence-electron chi connectivity index (χ2n) is 17.7. The van der Waals surface area contributed by atoms with Crippen LogP contribution in [0.2, 0.25) is 0 Å². The molecule has 2 N–H and O–H groups in total. The number of hydrogen-bond acceptors (Lipinski definition) is 7. The summed E-state index contributed by atoms with van der Waals surface area (Å²) in [7, 11) is 2.16. The molecule has 5 heterocycles. The summed E-state index contributed by atoms with van der Waals surface area (Å²) in [5, 5.41) is 2.21. The molecule has 1 unspecified atom stereocenters. The quantitative estimate of drug-likeness (QED) is 0.114. The van der Waals surface area contributed by atoms with Crippen molar-refractivity contribution >= 4 is 33.6 Å². The van der Waals surface area contributed by atoms with Gasteiger partial charge in [0, 0.05) is 100 Å². The highest BCUT2D eigenvalue weighted by molar-refractivity contribution is 6.11. The molecular weight excluding hydrogens is 845 g/mol. The first kappa shape index (κ1) is 41.5. The Hall–Kier alpha value is -8.97. The van der Waals surface area contributed by atoms with Gasteiger partial charge in [0.05, 0.1) is 16.7 Å². The van der Waals surface area contributed by atoms with Gasteiger partial charge in [0.15, 0.2) is 5.82 Å². The van der Waals surface area contributed by atoms with Crippen LogP contribution in [0.1, 0.15) is 41.3 Å². The van der Waals surface area contributed by atoms with Crippen molar-refractivity contribution in [3.63, 3.8) is 0 Å². The number of benzene rings is 5. The van der Waals surface area contributed by atoms with Crippen LogP contribution in [0.3, 0.4) is 0 Å². The van der Waals surface area contributed by atoms with Crippen LogP contribution in [0.5, 0.6) is 0 Å². The highest BCUT2D eigenvalue weighted by Crippen LogP contribution is 2.49. The fraction of sp³-hybridized carbons (Fsp3) is 0.0820. The number of hydrogen-bond donors (Lipinski definition) is 1. The van der Waals surface area contributed by atoms with E-state index in [1.165, 1.54) is 22.4 Å². The van der Waals surface area contributed by atoms with E-state index in [2.05, 4.69) is 148 Å². The molecular formula is C61H46N8. The van der Waals surface area contributed by atoms with Crippen LogP contribution in [0.15, 0.2) is 217 Å². The van der Waals surface area contributed by atoms with Crippen molar-refractivity contribution in [3.8, 4) is 61.7 Å². The number of nitrogens with two attached hydrogens (primary N) is 1. The van der Waals surface area contributed by atoms with Crippen molar-refractivity contribution in [1.29, 1.82) is 0 Å². The molecule has 0 bridgehead atoms. The average Bonchev–Trinajstić information content (AvgIpc) is 3.96. The zero-order valence-corrected chi connectivity index (χ0v) is 38.1. The summed E-state index contributed by atoms with van der Waals surface area (Å²) in [6.07, 6.45) is 26.2. The monoisotopic (exact) mass is 890 g/mol. The van der Waals surface area contributed by atoms with Crippen LogP contribution in [0, 0.1) is 0 Å². The number of likely N-dealkylation sites (N-methyl/N-ethyl adjacent to an activating group) is 1. The van der Waals surface area contributed by atoms with Crippen LogP contribution < -0.4 is 5.73 Å². The number of rotatable bonds is 9. The molecule has 0 saturated carbocycles. The lowest BCUT2D eigenvalue weighted by molar-refractivity contribution is 0.319. The molecule has 1 atom stereocenters. The predicted octanol–water partition coefficient (Wildman–Crippen LogP) is 13.4. The van der Waals surface area contributed by atoms with Gasteiger partial charge in [-0.15, -0.1) is 5.73 Å². The summed E-state index contributed by atoms with van der Waals surface area (Å²) in [5.74, 6) is 0.668. The smallest absolute Gasteiger partial charge is 0.159 e. The minimum absolute atomic E-state index is 0.200. The van der Waals surface area contributed by atoms with Crippen LogP contribution in [-0.2, 0) is 6.42 Å². The van der Waals surface area contributed by atoms with E-state index in [9.17, 15) is 0 Å². The molecule has 0 amide bonds. The molecule has 2 aliphatic carbocycles. The maximum atomic E-state index is 6.37. The first-order valence-electron chi connectivity index (χ1n) is 23.3. The third-order valence-corrected chi connectivity index (χ3v) is 13.7. The van der Waals surface area contributed by atoms with E-state index in [-0.39, 0.29) is 6.17 Å². The van der Waals surface area contributed by atoms with Gasteiger partial charge >= 0.3 is 0 Å². The van der Waals surface area contributed by atoms with Crippen molar-refractivity contribution in [3.05, 3.63) is 235 Å². The van der Waals surface area contributed by atoms with Gasteiger partial charge in [-0.25, -0.2) is 9.97 Å². The lowest BCUT2D eigenvalue weighted by Gasteiger charge is -2.33. The minimum Gasteiger partial charge on any atom is -0.404 e. The van der Waals surface area contributed by atoms with Gasteiger partial charge in [0.25, 0.3) is 0 Å². The van der Waals surface area contributed by atoms with E-state index < -0.39 is 0 Å². The van der Waals surface area contributed by atoms with Gasteiger partial charge in [-0.05, 0) is 154 Å². The van der Waals surface area contributed by atoms with Gasteiger partial charge in [-0.1, -0.05) is 73.3 Å². The molecule has 1 aliphatic heterocycles. The molecule has 0 spiro atoms. The van der Waals surface area contributed by atoms with Crippen molar-refractivity contribution in [1.82, 2.24) is 29.4 Å². The maximum Gasteiger partial charge on any atom is 0.159 e. The van der Waals surface area contributed by atoms with E-state index in [0.29, 0.717) is 12.2 Å². The molecule has 3 aliphatic rings. The standard InChI is InChI=1S/C61H46N8/c1-3-12-43(36-62)48-31-46(44-17-10-25-63-37-44)32-50-51-34-47(33-49(53(51)35-52(48)50)45-18-11-26-64-38-45)69-58-21-19-41(60-65-27-23-56(67-60)39-13-6-4-7-14-39)29-54(58)55-30-42(20-22-59(55)69)61-66-28-24-57(68(61)2)40-15-8-5-9-16-40/h4-8,10-15,17-34,36-38,61H,1,9,16,35,62H2,2H3/b43-36+. The third-order valence-electron chi connectivity index (χ3n) is 13.7. The third kappa shape index (κ3) is 7.31. The number of fused-ring (bicyclic) bond motifs is 6. The Morgan fingerprint density at radius 2 is 1.49 bits per heavy atom. The summed E-state index contributed by atoms with van der Waals surface area (Å²) < 4.78 is 2.41. The van der Waals surface area contributed by atoms with Crippen molar-refractivity contribution in [2.24, 2.45) is 10.7 Å². The first-order valence-corrected chi connectivity index (χ1v) is 23.3. The van der Waals surface area contributed by atoms with Gasteiger partial charge in [-0.2, -0.15) is 0 Å². The number of aliphatic imine (C=N–C) groups is 1. The van der Waals surface area contributed by atoms with E-state index in [1.54, 1.807) is 12.4 Å². The lowest BCUT2D eigenvalue weighted by atomic mass is 9.91. The molecule has 8 nitrogen and oxygen atoms in total. The Bertz CT molecular complexity index is 3720. The average molecular weight is 891 g/mol. The SMILES string of the molecule is C=C=C/C(=C\N)c1cc(-c2cccnc2)cc2c1Cc1c(-c3cccnc3)cc(-n3c4ccc(-c5nccc(-c6ccccc6)n5)cc4c4cc(C5N=CC=C(C6=CC=CCC6)N5C)ccc43)cc1-2. The van der Waals surface area contributed by atoms with Crippen LogP contribution in [0.4, 0.5) is 0 Å². The molecule has 4 aromatic heterocycles. The Morgan fingerprint density at radius 1 is 0.725 bits per heavy atom. The van der Waals surface area contributed by atoms with Gasteiger partial charge in [-0.3, -0.25) is 15.0 Å². The second kappa shape index (κ2) is 17.4. The fourth-order valence-electron chi connectivity index (χ4n) is 10.4. The van der Waals surface area contributed by atoms with Crippen molar-refractivity contribution in [2.45, 2.75) is 25.4 Å². The van der Waals surface area contributed by atoms with Crippen LogP contribution in [-0.4, -0.2) is 42.7 Å². The summed E-state index contributed by atoms with van der Waals surface area (Å²) in [6.45, 7) is 3.91. The molecule has 330 valence electrons. The number of aromatic nitrogens is 5. The highest BCUT2D eigenvalue weighted by atomic mass is 15.2. The number of nitrogens with zero attached hydrogens (tertiary/aromatic N) is 7. The molecule has 0 saturated heterocycles. The van der Waals surface area contributed by atoms with Crippen LogP contribution >= 0.6 is 0 Å². The lowest BCUT2D eigenvalue weighted by Crippen LogP contribution is -2.26. The zero-order valence-electron chi connectivity index (χ0n) is 38.1. The van der Waals surface area contributed by atoms with E-state index in [4.69, 9.17) is 20.7 Å². The largest absolute Gasteiger partial charge is 0.404 e. The minimum atomic E-state index is -0.200. The predicted molar refractivity (Wildman–Crippen MR) is 281 cm³/mol. The van der Waals surface area contributed by atoms with E-state index in [0.717, 1.165) is 107 Å². The van der Waals surface area contributed by atoms with Crippen molar-refractivity contribution in [2.75, 3.05) is 7.05 Å². The molecule has 9 aromatic rings. The second-order valence-corrected chi connectivity index (χ2v) is 17.7. The molecule has 5 aromatic carbocycles.